The summed E-state index contributed by atoms with van der Waals surface area (Å²) in [6.45, 7) is 6.67. The topological polar surface area (TPSA) is 58.2 Å². The monoisotopic (exact) mass is 266 g/mol. The van der Waals surface area contributed by atoms with Crippen molar-refractivity contribution in [3.63, 3.8) is 0 Å². The molecule has 0 atom stereocenters. The Morgan fingerprint density at radius 1 is 1.32 bits per heavy atom. The van der Waals surface area contributed by atoms with Crippen molar-refractivity contribution < 1.29 is 9.59 Å². The Labute approximate surface area is 116 Å². The maximum absolute atomic E-state index is 12.0. The normalized spacial score (nSPS) is 17.0. The third-order valence-electron chi connectivity index (χ3n) is 3.63. The van der Waals surface area contributed by atoms with Crippen LogP contribution in [-0.2, 0) is 9.59 Å². The van der Waals surface area contributed by atoms with Gasteiger partial charge in [-0.3, -0.25) is 9.59 Å². The summed E-state index contributed by atoms with van der Waals surface area (Å²) in [7, 11) is 0. The molecule has 1 aliphatic heterocycles. The summed E-state index contributed by atoms with van der Waals surface area (Å²) in [5, 5.41) is 5.36. The molecule has 0 radical (unpaired) electrons. The quantitative estimate of drug-likeness (QED) is 0.403. The van der Waals surface area contributed by atoms with E-state index in [0.29, 0.717) is 12.1 Å². The molecule has 0 aliphatic carbocycles. The van der Waals surface area contributed by atoms with Crippen LogP contribution in [0.5, 0.6) is 0 Å². The second-order valence-electron chi connectivity index (χ2n) is 5.87. The third-order valence-corrected chi connectivity index (χ3v) is 3.63. The van der Waals surface area contributed by atoms with Gasteiger partial charge in [0, 0.05) is 18.2 Å². The van der Waals surface area contributed by atoms with Crippen molar-refractivity contribution in [1.29, 1.82) is 0 Å². The van der Waals surface area contributed by atoms with Gasteiger partial charge in [0.1, 0.15) is 0 Å². The van der Waals surface area contributed by atoms with Gasteiger partial charge in [0.25, 0.3) is 5.91 Å². The van der Waals surface area contributed by atoms with E-state index in [1.165, 1.54) is 25.7 Å². The molecule has 2 amide bonds. The van der Waals surface area contributed by atoms with Crippen molar-refractivity contribution >= 4 is 11.8 Å². The van der Waals surface area contributed by atoms with E-state index < -0.39 is 0 Å². The Bertz CT molecular complexity index is 359. The van der Waals surface area contributed by atoms with E-state index in [4.69, 9.17) is 0 Å². The minimum Gasteiger partial charge on any atom is -0.348 e. The van der Waals surface area contributed by atoms with Crippen LogP contribution in [0.15, 0.2) is 11.8 Å². The predicted octanol–water partition coefficient (Wildman–Crippen LogP) is 2.50. The van der Waals surface area contributed by atoms with E-state index in [1.54, 1.807) is 6.20 Å². The van der Waals surface area contributed by atoms with Gasteiger partial charge in [0.15, 0.2) is 0 Å². The molecule has 1 aliphatic rings. The summed E-state index contributed by atoms with van der Waals surface area (Å²) in [5.41, 5.74) is 0.274. The first-order valence-corrected chi connectivity index (χ1v) is 7.25. The van der Waals surface area contributed by atoms with Crippen LogP contribution < -0.4 is 10.6 Å². The highest BCUT2D eigenvalue weighted by atomic mass is 16.2. The zero-order valence-corrected chi connectivity index (χ0v) is 12.3. The highest BCUT2D eigenvalue weighted by molar-refractivity contribution is 6.00. The Balaban J connectivity index is 2.28. The van der Waals surface area contributed by atoms with Gasteiger partial charge in [-0.05, 0) is 6.42 Å². The lowest BCUT2D eigenvalue weighted by Gasteiger charge is -2.24. The van der Waals surface area contributed by atoms with Crippen LogP contribution in [-0.4, -0.2) is 18.4 Å². The number of unbranched alkanes of at least 4 members (excludes halogenated alkanes) is 4. The molecule has 0 spiro atoms. The Hall–Kier alpha value is -1.32. The second kappa shape index (κ2) is 7.31. The van der Waals surface area contributed by atoms with Gasteiger partial charge in [0.2, 0.25) is 5.91 Å². The van der Waals surface area contributed by atoms with Crippen LogP contribution in [0.2, 0.25) is 0 Å². The van der Waals surface area contributed by atoms with Crippen molar-refractivity contribution in [2.75, 3.05) is 6.54 Å². The fourth-order valence-corrected chi connectivity index (χ4v) is 2.01. The van der Waals surface area contributed by atoms with Crippen molar-refractivity contribution in [1.82, 2.24) is 10.6 Å². The molecule has 108 valence electrons. The molecule has 0 bridgehead atoms. The summed E-state index contributed by atoms with van der Waals surface area (Å²) in [6, 6.07) is 0. The fourth-order valence-electron chi connectivity index (χ4n) is 2.01. The van der Waals surface area contributed by atoms with Gasteiger partial charge in [-0.25, -0.2) is 0 Å². The van der Waals surface area contributed by atoms with Crippen LogP contribution >= 0.6 is 0 Å². The first-order valence-electron chi connectivity index (χ1n) is 7.25. The van der Waals surface area contributed by atoms with E-state index in [0.717, 1.165) is 12.8 Å². The number of hydrogen-bond acceptors (Lipinski definition) is 2. The average Bonchev–Trinajstić information content (AvgIpc) is 2.36. The smallest absolute Gasteiger partial charge is 0.250 e. The van der Waals surface area contributed by atoms with Crippen molar-refractivity contribution in [2.45, 2.75) is 59.3 Å². The number of nitrogens with one attached hydrogen (secondary N) is 2. The molecule has 2 N–H and O–H groups in total. The number of carbonyl (C=O) groups is 2. The number of carbonyl (C=O) groups excluding carboxylic acids is 2. The fraction of sp³-hybridized carbons (Fsp3) is 0.733. The molecule has 1 fully saturated rings. The minimum atomic E-state index is -0.372. The maximum Gasteiger partial charge on any atom is 0.250 e. The van der Waals surface area contributed by atoms with Crippen LogP contribution in [0.4, 0.5) is 0 Å². The molecule has 0 aromatic heterocycles. The molecule has 0 aromatic carbocycles. The molecule has 4 heteroatoms. The average molecular weight is 266 g/mol. The van der Waals surface area contributed by atoms with Crippen LogP contribution in [0, 0.1) is 5.41 Å². The van der Waals surface area contributed by atoms with Gasteiger partial charge < -0.3 is 10.6 Å². The molecule has 1 saturated heterocycles. The molecule has 0 saturated carbocycles. The molecule has 0 unspecified atom stereocenters. The highest BCUT2D eigenvalue weighted by Crippen LogP contribution is 2.24. The molecule has 1 heterocycles. The van der Waals surface area contributed by atoms with Crippen molar-refractivity contribution in [3.05, 3.63) is 11.8 Å². The molecule has 0 aromatic rings. The lowest BCUT2D eigenvalue weighted by molar-refractivity contribution is -0.128. The summed E-state index contributed by atoms with van der Waals surface area (Å²) in [6.07, 6.45) is 8.45. The number of rotatable bonds is 8. The molecule has 4 nitrogen and oxygen atoms in total. The number of amides is 2. The predicted molar refractivity (Wildman–Crippen MR) is 76.4 cm³/mol. The van der Waals surface area contributed by atoms with Gasteiger partial charge >= 0.3 is 0 Å². The Morgan fingerprint density at radius 2 is 2.00 bits per heavy atom. The van der Waals surface area contributed by atoms with Gasteiger partial charge in [-0.15, -0.1) is 0 Å². The van der Waals surface area contributed by atoms with E-state index >= 15 is 0 Å². The lowest BCUT2D eigenvalue weighted by Crippen LogP contribution is -2.43. The molecule has 19 heavy (non-hydrogen) atoms. The van der Waals surface area contributed by atoms with Crippen LogP contribution in [0.25, 0.3) is 0 Å². The summed E-state index contributed by atoms with van der Waals surface area (Å²) >= 11 is 0. The summed E-state index contributed by atoms with van der Waals surface area (Å²) in [4.78, 5) is 23.1. The summed E-state index contributed by atoms with van der Waals surface area (Å²) in [5.74, 6) is -0.0899. The van der Waals surface area contributed by atoms with Crippen LogP contribution in [0.3, 0.4) is 0 Å². The third kappa shape index (κ3) is 5.05. The summed E-state index contributed by atoms with van der Waals surface area (Å²) < 4.78 is 0. The van der Waals surface area contributed by atoms with Gasteiger partial charge in [-0.2, -0.15) is 0 Å². The molecular formula is C15H26N2O2. The largest absolute Gasteiger partial charge is 0.348 e. The lowest BCUT2D eigenvalue weighted by atomic mass is 9.86. The highest BCUT2D eigenvalue weighted by Gasteiger charge is 2.27. The van der Waals surface area contributed by atoms with Gasteiger partial charge in [0.05, 0.1) is 5.57 Å². The van der Waals surface area contributed by atoms with Crippen LogP contribution in [0.1, 0.15) is 59.3 Å². The molecular weight excluding hydrogens is 240 g/mol. The standard InChI is InChI=1S/C15H26N2O2/c1-4-5-6-7-8-9-15(2,3)14(19)17-11-12-10-16-13(12)18/h11H,4-10H2,1-3H3,(H,16,18)(H,17,19). The maximum atomic E-state index is 12.0. The van der Waals surface area contributed by atoms with E-state index in [9.17, 15) is 9.59 Å². The Morgan fingerprint density at radius 3 is 2.53 bits per heavy atom. The zero-order chi connectivity index (χ0) is 14.3. The SMILES string of the molecule is CCCCCCCC(C)(C)C(=O)NC=C1CNC1=O. The number of β-lactam (4-membered cyclic amide) rings is 1. The molecule has 1 rings (SSSR count). The second-order valence-corrected chi connectivity index (χ2v) is 5.87. The van der Waals surface area contributed by atoms with Gasteiger partial charge in [-0.1, -0.05) is 52.9 Å². The van der Waals surface area contributed by atoms with Crippen molar-refractivity contribution in [3.8, 4) is 0 Å². The van der Waals surface area contributed by atoms with E-state index in [2.05, 4.69) is 17.6 Å². The first-order chi connectivity index (χ1) is 8.97. The van der Waals surface area contributed by atoms with E-state index in [1.807, 2.05) is 13.8 Å². The zero-order valence-electron chi connectivity index (χ0n) is 12.3. The Kier molecular flexibility index (Phi) is 6.06. The number of hydrogen-bond donors (Lipinski definition) is 2. The van der Waals surface area contributed by atoms with E-state index in [-0.39, 0.29) is 17.2 Å². The van der Waals surface area contributed by atoms with Crippen molar-refractivity contribution in [2.24, 2.45) is 5.41 Å². The minimum absolute atomic E-state index is 0.00445. The first kappa shape index (κ1) is 15.7.